The lowest BCUT2D eigenvalue weighted by molar-refractivity contribution is -0.143. The van der Waals surface area contributed by atoms with Gasteiger partial charge < -0.3 is 32.3 Å². The number of amides is 3. The van der Waals surface area contributed by atoms with Crippen molar-refractivity contribution in [3.8, 4) is 5.75 Å². The molecule has 10 heteroatoms. The second kappa shape index (κ2) is 11.0. The molecule has 0 aliphatic carbocycles. The van der Waals surface area contributed by atoms with E-state index in [0.29, 0.717) is 12.0 Å². The van der Waals surface area contributed by atoms with Crippen LogP contribution in [0.5, 0.6) is 5.75 Å². The summed E-state index contributed by atoms with van der Waals surface area (Å²) in [5.41, 5.74) is 11.6. The third kappa shape index (κ3) is 7.78. The highest BCUT2D eigenvalue weighted by Crippen LogP contribution is 2.12. The molecular formula is C19H28N4O6. The van der Waals surface area contributed by atoms with Gasteiger partial charge in [0.05, 0.1) is 12.5 Å². The molecule has 0 fully saturated rings. The molecular weight excluding hydrogens is 380 g/mol. The quantitative estimate of drug-likeness (QED) is 0.278. The highest BCUT2D eigenvalue weighted by Gasteiger charge is 2.30. The Bertz CT molecular complexity index is 737. The summed E-state index contributed by atoms with van der Waals surface area (Å²) in [5, 5.41) is 23.4. The highest BCUT2D eigenvalue weighted by molar-refractivity contribution is 5.93. The van der Waals surface area contributed by atoms with Crippen molar-refractivity contribution in [1.29, 1.82) is 0 Å². The van der Waals surface area contributed by atoms with E-state index in [9.17, 15) is 29.4 Å². The summed E-state index contributed by atoms with van der Waals surface area (Å²) < 4.78 is 0. The lowest BCUT2D eigenvalue weighted by Crippen LogP contribution is -2.56. The molecule has 0 radical (unpaired) electrons. The number of nitrogens with one attached hydrogen (secondary N) is 2. The monoisotopic (exact) mass is 408 g/mol. The fraction of sp³-hybridized carbons (Fsp3) is 0.474. The third-order valence-corrected chi connectivity index (χ3v) is 4.59. The first-order valence-electron chi connectivity index (χ1n) is 9.20. The van der Waals surface area contributed by atoms with E-state index >= 15 is 0 Å². The number of nitrogens with two attached hydrogens (primary N) is 2. The van der Waals surface area contributed by atoms with Crippen molar-refractivity contribution in [3.63, 3.8) is 0 Å². The number of carbonyl (C=O) groups excluding carboxylic acids is 3. The van der Waals surface area contributed by atoms with Gasteiger partial charge >= 0.3 is 5.97 Å². The largest absolute Gasteiger partial charge is 0.508 e. The van der Waals surface area contributed by atoms with E-state index < -0.39 is 48.2 Å². The first-order chi connectivity index (χ1) is 13.5. The van der Waals surface area contributed by atoms with Crippen molar-refractivity contribution in [2.24, 2.45) is 17.4 Å². The molecule has 1 rings (SSSR count). The summed E-state index contributed by atoms with van der Waals surface area (Å²) in [6.45, 7) is 3.67. The van der Waals surface area contributed by atoms with E-state index in [1.54, 1.807) is 19.1 Å². The van der Waals surface area contributed by atoms with Gasteiger partial charge in [-0.05, 0) is 23.6 Å². The maximum atomic E-state index is 12.7. The van der Waals surface area contributed by atoms with Gasteiger partial charge in [0, 0.05) is 6.42 Å². The number of primary amides is 1. The van der Waals surface area contributed by atoms with Crippen LogP contribution in [0.15, 0.2) is 24.3 Å². The summed E-state index contributed by atoms with van der Waals surface area (Å²) in [4.78, 5) is 47.5. The summed E-state index contributed by atoms with van der Waals surface area (Å²) in [6.07, 6.45) is 0.0877. The van der Waals surface area contributed by atoms with Crippen molar-refractivity contribution in [3.05, 3.63) is 29.8 Å². The van der Waals surface area contributed by atoms with Crippen LogP contribution in [0.2, 0.25) is 0 Å². The fourth-order valence-electron chi connectivity index (χ4n) is 2.53. The van der Waals surface area contributed by atoms with E-state index in [0.717, 1.165) is 0 Å². The van der Waals surface area contributed by atoms with E-state index in [1.807, 2.05) is 6.92 Å². The zero-order chi connectivity index (χ0) is 22.1. The van der Waals surface area contributed by atoms with Crippen molar-refractivity contribution in [2.75, 3.05) is 0 Å². The van der Waals surface area contributed by atoms with Crippen molar-refractivity contribution < 1.29 is 29.4 Å². The van der Waals surface area contributed by atoms with Gasteiger partial charge in [0.2, 0.25) is 17.7 Å². The molecule has 160 valence electrons. The Hall–Kier alpha value is -3.14. The number of aromatic hydroxyl groups is 1. The second-order valence-electron chi connectivity index (χ2n) is 6.91. The molecule has 0 saturated heterocycles. The van der Waals surface area contributed by atoms with Crippen LogP contribution in [0, 0.1) is 5.92 Å². The number of carboxylic acid groups (broad SMARTS) is 1. The number of phenolic OH excluding ortho intramolecular Hbond substituents is 1. The Labute approximate surface area is 168 Å². The third-order valence-electron chi connectivity index (χ3n) is 4.59. The smallest absolute Gasteiger partial charge is 0.326 e. The molecule has 0 aliphatic heterocycles. The maximum Gasteiger partial charge on any atom is 0.326 e. The van der Waals surface area contributed by atoms with Crippen LogP contribution < -0.4 is 22.1 Å². The minimum Gasteiger partial charge on any atom is -0.508 e. The van der Waals surface area contributed by atoms with Crippen molar-refractivity contribution >= 4 is 23.7 Å². The van der Waals surface area contributed by atoms with Crippen LogP contribution in [-0.2, 0) is 25.6 Å². The van der Waals surface area contributed by atoms with Crippen LogP contribution in [0.4, 0.5) is 0 Å². The van der Waals surface area contributed by atoms with Crippen LogP contribution >= 0.6 is 0 Å². The van der Waals surface area contributed by atoms with Crippen LogP contribution in [0.1, 0.15) is 32.3 Å². The number of benzene rings is 1. The van der Waals surface area contributed by atoms with Gasteiger partial charge in [-0.1, -0.05) is 32.4 Å². The van der Waals surface area contributed by atoms with Crippen LogP contribution in [-0.4, -0.2) is 52.0 Å². The van der Waals surface area contributed by atoms with Gasteiger partial charge in [0.25, 0.3) is 0 Å². The average Bonchev–Trinajstić information content (AvgIpc) is 2.66. The summed E-state index contributed by atoms with van der Waals surface area (Å²) >= 11 is 0. The van der Waals surface area contributed by atoms with Gasteiger partial charge in [-0.25, -0.2) is 4.79 Å². The predicted molar refractivity (Wildman–Crippen MR) is 105 cm³/mol. The minimum atomic E-state index is -1.53. The van der Waals surface area contributed by atoms with E-state index in [-0.39, 0.29) is 18.1 Å². The number of carboxylic acids is 1. The Morgan fingerprint density at radius 2 is 1.59 bits per heavy atom. The number of aliphatic carboxylic acids is 1. The van der Waals surface area contributed by atoms with Gasteiger partial charge in [-0.15, -0.1) is 0 Å². The van der Waals surface area contributed by atoms with Gasteiger partial charge in [0.15, 0.2) is 0 Å². The van der Waals surface area contributed by atoms with Crippen molar-refractivity contribution in [1.82, 2.24) is 10.6 Å². The van der Waals surface area contributed by atoms with Gasteiger partial charge in [0.1, 0.15) is 17.8 Å². The molecule has 0 unspecified atom stereocenters. The van der Waals surface area contributed by atoms with Crippen molar-refractivity contribution in [2.45, 2.75) is 51.2 Å². The van der Waals surface area contributed by atoms with Gasteiger partial charge in [-0.2, -0.15) is 0 Å². The predicted octanol–water partition coefficient (Wildman–Crippen LogP) is -0.762. The lowest BCUT2D eigenvalue weighted by Gasteiger charge is -2.24. The zero-order valence-corrected chi connectivity index (χ0v) is 16.4. The molecule has 29 heavy (non-hydrogen) atoms. The van der Waals surface area contributed by atoms with Gasteiger partial charge in [-0.3, -0.25) is 14.4 Å². The molecule has 0 aliphatic rings. The molecule has 0 heterocycles. The summed E-state index contributed by atoms with van der Waals surface area (Å²) in [5.74, 6) is -3.77. The Morgan fingerprint density at radius 3 is 2.07 bits per heavy atom. The number of phenols is 1. The maximum absolute atomic E-state index is 12.7. The number of rotatable bonds is 11. The molecule has 3 amide bonds. The molecule has 0 saturated carbocycles. The van der Waals surface area contributed by atoms with Crippen LogP contribution in [0.25, 0.3) is 0 Å². The average molecular weight is 408 g/mol. The molecule has 0 spiro atoms. The molecule has 8 N–H and O–H groups in total. The van der Waals surface area contributed by atoms with E-state index in [1.165, 1.54) is 12.1 Å². The molecule has 0 bridgehead atoms. The fourth-order valence-corrected chi connectivity index (χ4v) is 2.53. The molecule has 1 aromatic carbocycles. The Kier molecular flexibility index (Phi) is 9.07. The lowest BCUT2D eigenvalue weighted by atomic mass is 9.98. The first-order valence-corrected chi connectivity index (χ1v) is 9.20. The normalized spacial score (nSPS) is 14.9. The molecule has 1 aromatic rings. The van der Waals surface area contributed by atoms with Crippen LogP contribution in [0.3, 0.4) is 0 Å². The SMILES string of the molecule is CC[C@H](C)[C@H](N)C(=O)N[C@@H](Cc1ccc(O)cc1)C(=O)N[C@@H](CC(N)=O)C(=O)O. The number of carbonyl (C=O) groups is 4. The summed E-state index contributed by atoms with van der Waals surface area (Å²) in [6, 6.07) is 2.45. The van der Waals surface area contributed by atoms with E-state index in [4.69, 9.17) is 11.5 Å². The number of hydrogen-bond acceptors (Lipinski definition) is 6. The topological polar surface area (TPSA) is 185 Å². The summed E-state index contributed by atoms with van der Waals surface area (Å²) in [7, 11) is 0. The Balaban J connectivity index is 3.02. The Morgan fingerprint density at radius 1 is 1.03 bits per heavy atom. The number of hydrogen-bond donors (Lipinski definition) is 6. The highest BCUT2D eigenvalue weighted by atomic mass is 16.4. The second-order valence-corrected chi connectivity index (χ2v) is 6.91. The first kappa shape index (κ1) is 23.9. The standard InChI is InChI=1S/C19H28N4O6/c1-3-10(2)16(21)18(27)22-13(8-11-4-6-12(24)7-5-11)17(26)23-14(19(28)29)9-15(20)25/h4-7,10,13-14,16,24H,3,8-9,21H2,1-2H3,(H2,20,25)(H,22,27)(H,23,26)(H,28,29)/t10-,13-,14-,16-/m0/s1. The minimum absolute atomic E-state index is 0.0218. The molecule has 4 atom stereocenters. The zero-order valence-electron chi connectivity index (χ0n) is 16.4. The van der Waals surface area contributed by atoms with E-state index in [2.05, 4.69) is 10.6 Å². The molecule has 10 nitrogen and oxygen atoms in total. The molecule has 0 aromatic heterocycles.